The standard InChI is InChI=1S/C16H14F2N4O2/c17-11-1-2-12(13(18)9-11)15(23)21-5-7-22(8-6-21)16(24)14-10-19-3-4-20-14/h1-4,9-10H,5-8H2. The van der Waals surface area contributed by atoms with Crippen LogP contribution >= 0.6 is 0 Å². The van der Waals surface area contributed by atoms with Gasteiger partial charge in [0.15, 0.2) is 0 Å². The van der Waals surface area contributed by atoms with Crippen LogP contribution in [0.4, 0.5) is 8.78 Å². The number of benzene rings is 1. The Hall–Kier alpha value is -2.90. The molecule has 1 aromatic heterocycles. The Balaban J connectivity index is 1.64. The van der Waals surface area contributed by atoms with Crippen LogP contribution < -0.4 is 0 Å². The highest BCUT2D eigenvalue weighted by Crippen LogP contribution is 2.14. The van der Waals surface area contributed by atoms with Crippen LogP contribution in [-0.4, -0.2) is 57.8 Å². The van der Waals surface area contributed by atoms with E-state index in [0.29, 0.717) is 19.2 Å². The third kappa shape index (κ3) is 3.22. The minimum atomic E-state index is -0.891. The minimum Gasteiger partial charge on any atom is -0.335 e. The summed E-state index contributed by atoms with van der Waals surface area (Å²) in [5.74, 6) is -2.40. The van der Waals surface area contributed by atoms with Crippen LogP contribution in [-0.2, 0) is 0 Å². The Morgan fingerprint density at radius 1 is 0.958 bits per heavy atom. The van der Waals surface area contributed by atoms with Crippen LogP contribution in [0, 0.1) is 11.6 Å². The molecule has 24 heavy (non-hydrogen) atoms. The summed E-state index contributed by atoms with van der Waals surface area (Å²) in [7, 11) is 0. The molecule has 8 heteroatoms. The highest BCUT2D eigenvalue weighted by molar-refractivity contribution is 5.95. The number of amides is 2. The van der Waals surface area contributed by atoms with Crippen LogP contribution in [0.5, 0.6) is 0 Å². The summed E-state index contributed by atoms with van der Waals surface area (Å²) in [6, 6.07) is 2.86. The number of aromatic nitrogens is 2. The van der Waals surface area contributed by atoms with Gasteiger partial charge in [0.2, 0.25) is 0 Å². The van der Waals surface area contributed by atoms with Gasteiger partial charge in [-0.2, -0.15) is 0 Å². The Morgan fingerprint density at radius 2 is 1.62 bits per heavy atom. The van der Waals surface area contributed by atoms with Gasteiger partial charge in [-0.1, -0.05) is 0 Å². The first-order chi connectivity index (χ1) is 11.6. The summed E-state index contributed by atoms with van der Waals surface area (Å²) >= 11 is 0. The summed E-state index contributed by atoms with van der Waals surface area (Å²) in [4.78, 5) is 35.4. The molecule has 0 saturated carbocycles. The van der Waals surface area contributed by atoms with E-state index in [1.807, 2.05) is 0 Å². The molecule has 6 nitrogen and oxygen atoms in total. The Morgan fingerprint density at radius 3 is 2.21 bits per heavy atom. The van der Waals surface area contributed by atoms with Gasteiger partial charge >= 0.3 is 0 Å². The van der Waals surface area contributed by atoms with Gasteiger partial charge in [-0.15, -0.1) is 0 Å². The largest absolute Gasteiger partial charge is 0.335 e. The maximum atomic E-state index is 13.7. The smallest absolute Gasteiger partial charge is 0.274 e. The molecular formula is C16H14F2N4O2. The second-order valence-corrected chi connectivity index (χ2v) is 5.30. The third-order valence-corrected chi connectivity index (χ3v) is 3.80. The fraction of sp³-hybridized carbons (Fsp3) is 0.250. The maximum absolute atomic E-state index is 13.7. The van der Waals surface area contributed by atoms with Crippen molar-refractivity contribution in [1.82, 2.24) is 19.8 Å². The van der Waals surface area contributed by atoms with Gasteiger partial charge in [-0.3, -0.25) is 14.6 Å². The van der Waals surface area contributed by atoms with Gasteiger partial charge in [-0.05, 0) is 12.1 Å². The summed E-state index contributed by atoms with van der Waals surface area (Å²) in [5.41, 5.74) is 0.0620. The van der Waals surface area contributed by atoms with Crippen molar-refractivity contribution in [2.45, 2.75) is 0 Å². The first-order valence-electron chi connectivity index (χ1n) is 7.36. The second kappa shape index (κ2) is 6.69. The van der Waals surface area contributed by atoms with Crippen molar-refractivity contribution in [1.29, 1.82) is 0 Å². The fourth-order valence-corrected chi connectivity index (χ4v) is 2.52. The van der Waals surface area contributed by atoms with Crippen molar-refractivity contribution in [3.8, 4) is 0 Å². The number of piperazine rings is 1. The highest BCUT2D eigenvalue weighted by Gasteiger charge is 2.27. The predicted molar refractivity (Wildman–Crippen MR) is 80.2 cm³/mol. The number of nitrogens with zero attached hydrogens (tertiary/aromatic N) is 4. The molecule has 0 bridgehead atoms. The quantitative estimate of drug-likeness (QED) is 0.833. The molecule has 0 aliphatic carbocycles. The van der Waals surface area contributed by atoms with Gasteiger partial charge in [-0.25, -0.2) is 13.8 Å². The zero-order valence-electron chi connectivity index (χ0n) is 12.7. The molecule has 1 saturated heterocycles. The van der Waals surface area contributed by atoms with Crippen molar-refractivity contribution in [3.05, 3.63) is 59.7 Å². The zero-order valence-corrected chi connectivity index (χ0v) is 12.7. The van der Waals surface area contributed by atoms with Crippen molar-refractivity contribution in [3.63, 3.8) is 0 Å². The molecule has 1 aromatic carbocycles. The van der Waals surface area contributed by atoms with Crippen molar-refractivity contribution in [2.24, 2.45) is 0 Å². The van der Waals surface area contributed by atoms with E-state index >= 15 is 0 Å². The van der Waals surface area contributed by atoms with E-state index < -0.39 is 17.5 Å². The minimum absolute atomic E-state index is 0.176. The van der Waals surface area contributed by atoms with Crippen LogP contribution in [0.3, 0.4) is 0 Å². The van der Waals surface area contributed by atoms with E-state index in [2.05, 4.69) is 9.97 Å². The Bertz CT molecular complexity index is 762. The lowest BCUT2D eigenvalue weighted by Crippen LogP contribution is -2.50. The molecule has 1 fully saturated rings. The average molecular weight is 332 g/mol. The molecule has 3 rings (SSSR count). The zero-order chi connectivity index (χ0) is 17.1. The first-order valence-corrected chi connectivity index (χ1v) is 7.36. The topological polar surface area (TPSA) is 66.4 Å². The van der Waals surface area contributed by atoms with Crippen LogP contribution in [0.1, 0.15) is 20.8 Å². The van der Waals surface area contributed by atoms with E-state index in [4.69, 9.17) is 0 Å². The molecule has 0 spiro atoms. The lowest BCUT2D eigenvalue weighted by molar-refractivity contribution is 0.0529. The number of hydrogen-bond acceptors (Lipinski definition) is 4. The normalized spacial score (nSPS) is 14.6. The Labute approximate surface area is 136 Å². The van der Waals surface area contributed by atoms with Gasteiger partial charge < -0.3 is 9.80 Å². The van der Waals surface area contributed by atoms with E-state index in [-0.39, 0.29) is 30.3 Å². The summed E-state index contributed by atoms with van der Waals surface area (Å²) in [6.45, 7) is 1.15. The van der Waals surface area contributed by atoms with Gasteiger partial charge in [0.05, 0.1) is 11.8 Å². The van der Waals surface area contributed by atoms with E-state index in [1.54, 1.807) is 4.90 Å². The van der Waals surface area contributed by atoms with Crippen LogP contribution in [0.15, 0.2) is 36.8 Å². The molecule has 124 valence electrons. The number of rotatable bonds is 2. The second-order valence-electron chi connectivity index (χ2n) is 5.30. The van der Waals surface area contributed by atoms with Gasteiger partial charge in [0, 0.05) is 44.6 Å². The Kier molecular flexibility index (Phi) is 4.45. The lowest BCUT2D eigenvalue weighted by Gasteiger charge is -2.34. The summed E-state index contributed by atoms with van der Waals surface area (Å²) in [6.07, 6.45) is 4.29. The van der Waals surface area contributed by atoms with Crippen molar-refractivity contribution < 1.29 is 18.4 Å². The van der Waals surface area contributed by atoms with Crippen molar-refractivity contribution in [2.75, 3.05) is 26.2 Å². The third-order valence-electron chi connectivity index (χ3n) is 3.80. The average Bonchev–Trinajstić information content (AvgIpc) is 2.61. The molecule has 2 aromatic rings. The molecule has 0 unspecified atom stereocenters. The molecule has 2 amide bonds. The van der Waals surface area contributed by atoms with E-state index in [0.717, 1.165) is 12.1 Å². The van der Waals surface area contributed by atoms with E-state index in [9.17, 15) is 18.4 Å². The molecule has 0 atom stereocenters. The molecular weight excluding hydrogens is 318 g/mol. The molecule has 2 heterocycles. The SMILES string of the molecule is O=C(c1cnccn1)N1CCN(C(=O)c2ccc(F)cc2F)CC1. The monoisotopic (exact) mass is 332 g/mol. The lowest BCUT2D eigenvalue weighted by atomic mass is 10.1. The van der Waals surface area contributed by atoms with Gasteiger partial charge in [0.25, 0.3) is 11.8 Å². The van der Waals surface area contributed by atoms with Crippen LogP contribution in [0.25, 0.3) is 0 Å². The summed E-state index contributed by atoms with van der Waals surface area (Å²) < 4.78 is 26.6. The number of carbonyl (C=O) groups is 2. The van der Waals surface area contributed by atoms with Gasteiger partial charge in [0.1, 0.15) is 17.3 Å². The molecule has 1 aliphatic rings. The highest BCUT2D eigenvalue weighted by atomic mass is 19.1. The fourth-order valence-electron chi connectivity index (χ4n) is 2.52. The summed E-state index contributed by atoms with van der Waals surface area (Å²) in [5, 5.41) is 0. The number of halogens is 2. The number of carbonyl (C=O) groups excluding carboxylic acids is 2. The number of hydrogen-bond donors (Lipinski definition) is 0. The first kappa shape index (κ1) is 16.0. The predicted octanol–water partition coefficient (Wildman–Crippen LogP) is 1.35. The van der Waals surface area contributed by atoms with Crippen molar-refractivity contribution >= 4 is 11.8 Å². The molecule has 1 aliphatic heterocycles. The van der Waals surface area contributed by atoms with E-state index in [1.165, 1.54) is 23.5 Å². The molecule has 0 radical (unpaired) electrons. The molecule has 0 N–H and O–H groups in total. The van der Waals surface area contributed by atoms with Crippen LogP contribution in [0.2, 0.25) is 0 Å². The maximum Gasteiger partial charge on any atom is 0.274 e.